The van der Waals surface area contributed by atoms with E-state index in [1.165, 1.54) is 12.1 Å². The molecule has 4 rings (SSSR count). The molecule has 1 atom stereocenters. The van der Waals surface area contributed by atoms with Gasteiger partial charge in [0.2, 0.25) is 0 Å². The topological polar surface area (TPSA) is 54.4 Å². The maximum absolute atomic E-state index is 13.4. The normalized spacial score (nSPS) is 19.1. The molecule has 2 heterocycles. The van der Waals surface area contributed by atoms with Gasteiger partial charge in [-0.1, -0.05) is 12.1 Å². The van der Waals surface area contributed by atoms with Crippen molar-refractivity contribution in [2.24, 2.45) is 5.10 Å². The molecule has 158 valence electrons. The van der Waals surface area contributed by atoms with E-state index in [0.717, 1.165) is 42.8 Å². The number of amides is 1. The van der Waals surface area contributed by atoms with Crippen LogP contribution in [0.4, 0.5) is 4.39 Å². The molecule has 0 saturated carbocycles. The fraction of sp³-hybridized carbons (Fsp3) is 0.391. The van der Waals surface area contributed by atoms with Crippen LogP contribution in [0.15, 0.2) is 47.6 Å². The molecule has 1 fully saturated rings. The van der Waals surface area contributed by atoms with Crippen molar-refractivity contribution in [3.63, 3.8) is 0 Å². The Morgan fingerprint density at radius 2 is 1.83 bits per heavy atom. The third-order valence-corrected chi connectivity index (χ3v) is 5.70. The number of benzene rings is 2. The van der Waals surface area contributed by atoms with Gasteiger partial charge in [0.1, 0.15) is 17.3 Å². The summed E-state index contributed by atoms with van der Waals surface area (Å²) in [5, 5.41) is 6.24. The summed E-state index contributed by atoms with van der Waals surface area (Å²) in [6, 6.07) is 11.5. The number of carbonyl (C=O) groups is 1. The van der Waals surface area contributed by atoms with Crippen molar-refractivity contribution in [2.45, 2.75) is 25.3 Å². The molecule has 2 aromatic carbocycles. The van der Waals surface area contributed by atoms with E-state index in [1.54, 1.807) is 31.4 Å². The summed E-state index contributed by atoms with van der Waals surface area (Å²) >= 11 is 0. The molecule has 1 unspecified atom stereocenters. The average molecular weight is 411 g/mol. The molecule has 0 aromatic heterocycles. The van der Waals surface area contributed by atoms with E-state index in [2.05, 4.69) is 10.0 Å². The SMILES string of the molecule is COc1ccc(C2CC(c3ccc(F)cc3)=NN2C(=O)CN2CCCC2)c(OC)c1. The molecule has 0 spiro atoms. The minimum atomic E-state index is -0.298. The third-order valence-electron chi connectivity index (χ3n) is 5.70. The van der Waals surface area contributed by atoms with Crippen molar-refractivity contribution in [3.8, 4) is 11.5 Å². The molecule has 0 aliphatic carbocycles. The van der Waals surface area contributed by atoms with Crippen LogP contribution in [-0.4, -0.2) is 55.4 Å². The summed E-state index contributed by atoms with van der Waals surface area (Å²) in [5.74, 6) is 0.988. The van der Waals surface area contributed by atoms with Crippen LogP contribution in [0.3, 0.4) is 0 Å². The predicted molar refractivity (Wildman–Crippen MR) is 112 cm³/mol. The zero-order valence-electron chi connectivity index (χ0n) is 17.3. The maximum atomic E-state index is 13.4. The smallest absolute Gasteiger partial charge is 0.257 e. The van der Waals surface area contributed by atoms with E-state index in [-0.39, 0.29) is 17.8 Å². The van der Waals surface area contributed by atoms with Crippen LogP contribution in [0.2, 0.25) is 0 Å². The van der Waals surface area contributed by atoms with Crippen molar-refractivity contribution < 1.29 is 18.7 Å². The van der Waals surface area contributed by atoms with Crippen LogP contribution < -0.4 is 9.47 Å². The Hall–Kier alpha value is -2.93. The Kier molecular flexibility index (Phi) is 5.99. The minimum Gasteiger partial charge on any atom is -0.497 e. The molecule has 0 radical (unpaired) electrons. The van der Waals surface area contributed by atoms with Gasteiger partial charge in [0.05, 0.1) is 32.5 Å². The highest BCUT2D eigenvalue weighted by molar-refractivity contribution is 6.03. The van der Waals surface area contributed by atoms with Gasteiger partial charge in [-0.05, 0) is 55.8 Å². The lowest BCUT2D eigenvalue weighted by Crippen LogP contribution is -2.37. The number of carbonyl (C=O) groups excluding carboxylic acids is 1. The molecule has 0 N–H and O–H groups in total. The lowest BCUT2D eigenvalue weighted by Gasteiger charge is -2.25. The van der Waals surface area contributed by atoms with E-state index in [4.69, 9.17) is 9.47 Å². The quantitative estimate of drug-likeness (QED) is 0.729. The molecular weight excluding hydrogens is 385 g/mol. The molecule has 2 aromatic rings. The summed E-state index contributed by atoms with van der Waals surface area (Å²) in [5.41, 5.74) is 2.44. The number of ether oxygens (including phenoxy) is 2. The van der Waals surface area contributed by atoms with E-state index < -0.39 is 0 Å². The number of halogens is 1. The number of likely N-dealkylation sites (tertiary alicyclic amines) is 1. The molecule has 2 aliphatic rings. The van der Waals surface area contributed by atoms with Gasteiger partial charge in [-0.15, -0.1) is 0 Å². The van der Waals surface area contributed by atoms with Crippen molar-refractivity contribution in [2.75, 3.05) is 33.9 Å². The molecule has 1 saturated heterocycles. The summed E-state index contributed by atoms with van der Waals surface area (Å²) in [7, 11) is 3.21. The Balaban J connectivity index is 1.67. The number of hydrazone groups is 1. The van der Waals surface area contributed by atoms with Crippen LogP contribution in [0.25, 0.3) is 0 Å². The van der Waals surface area contributed by atoms with Gasteiger partial charge < -0.3 is 9.47 Å². The first-order valence-electron chi connectivity index (χ1n) is 10.2. The lowest BCUT2D eigenvalue weighted by molar-refractivity contribution is -0.134. The Morgan fingerprint density at radius 1 is 1.10 bits per heavy atom. The number of nitrogens with zero attached hydrogens (tertiary/aromatic N) is 3. The van der Waals surface area contributed by atoms with Gasteiger partial charge in [0.15, 0.2) is 0 Å². The van der Waals surface area contributed by atoms with Gasteiger partial charge in [-0.2, -0.15) is 5.10 Å². The van der Waals surface area contributed by atoms with Crippen LogP contribution in [-0.2, 0) is 4.79 Å². The van der Waals surface area contributed by atoms with Gasteiger partial charge >= 0.3 is 0 Å². The summed E-state index contributed by atoms with van der Waals surface area (Å²) < 4.78 is 24.3. The highest BCUT2D eigenvalue weighted by atomic mass is 19.1. The van der Waals surface area contributed by atoms with Crippen LogP contribution in [0, 0.1) is 5.82 Å². The highest BCUT2D eigenvalue weighted by Gasteiger charge is 2.35. The second kappa shape index (κ2) is 8.83. The minimum absolute atomic E-state index is 0.0446. The highest BCUT2D eigenvalue weighted by Crippen LogP contribution is 2.39. The molecule has 2 aliphatic heterocycles. The molecule has 0 bridgehead atoms. The third kappa shape index (κ3) is 4.16. The monoisotopic (exact) mass is 411 g/mol. The summed E-state index contributed by atoms with van der Waals surface area (Å²) in [6.45, 7) is 2.21. The fourth-order valence-corrected chi connectivity index (χ4v) is 4.10. The predicted octanol–water partition coefficient (Wildman–Crippen LogP) is 3.62. The van der Waals surface area contributed by atoms with Crippen molar-refractivity contribution >= 4 is 11.6 Å². The fourth-order valence-electron chi connectivity index (χ4n) is 4.10. The Bertz CT molecular complexity index is 939. The first kappa shape index (κ1) is 20.3. The van der Waals surface area contributed by atoms with Gasteiger partial charge in [0.25, 0.3) is 5.91 Å². The van der Waals surface area contributed by atoms with Crippen molar-refractivity contribution in [1.82, 2.24) is 9.91 Å². The molecule has 6 nitrogen and oxygen atoms in total. The van der Waals surface area contributed by atoms with Crippen LogP contribution >= 0.6 is 0 Å². The summed E-state index contributed by atoms with van der Waals surface area (Å²) in [6.07, 6.45) is 2.76. The van der Waals surface area contributed by atoms with Gasteiger partial charge in [-0.25, -0.2) is 9.40 Å². The van der Waals surface area contributed by atoms with Crippen molar-refractivity contribution in [1.29, 1.82) is 0 Å². The first-order chi connectivity index (χ1) is 14.6. The largest absolute Gasteiger partial charge is 0.497 e. The zero-order valence-corrected chi connectivity index (χ0v) is 17.3. The molecule has 1 amide bonds. The van der Waals surface area contributed by atoms with Crippen LogP contribution in [0.5, 0.6) is 11.5 Å². The maximum Gasteiger partial charge on any atom is 0.257 e. The molecule has 7 heteroatoms. The average Bonchev–Trinajstić information content (AvgIpc) is 3.44. The zero-order chi connectivity index (χ0) is 21.1. The standard InChI is InChI=1S/C23H26FN3O3/c1-29-18-9-10-19(22(13-18)30-2)21-14-20(16-5-7-17(24)8-6-16)25-27(21)23(28)15-26-11-3-4-12-26/h5-10,13,21H,3-4,11-12,14-15H2,1-2H3. The second-order valence-electron chi connectivity index (χ2n) is 7.60. The first-order valence-corrected chi connectivity index (χ1v) is 10.2. The second-order valence-corrected chi connectivity index (χ2v) is 7.60. The van der Waals surface area contributed by atoms with Gasteiger partial charge in [0, 0.05) is 18.1 Å². The number of methoxy groups -OCH3 is 2. The van der Waals surface area contributed by atoms with Crippen LogP contribution in [0.1, 0.15) is 36.4 Å². The van der Waals surface area contributed by atoms with E-state index in [9.17, 15) is 9.18 Å². The van der Waals surface area contributed by atoms with E-state index in [0.29, 0.717) is 24.5 Å². The summed E-state index contributed by atoms with van der Waals surface area (Å²) in [4.78, 5) is 15.4. The molecule has 30 heavy (non-hydrogen) atoms. The Morgan fingerprint density at radius 3 is 2.50 bits per heavy atom. The van der Waals surface area contributed by atoms with E-state index in [1.807, 2.05) is 18.2 Å². The molecular formula is C23H26FN3O3. The van der Waals surface area contributed by atoms with Crippen molar-refractivity contribution in [3.05, 3.63) is 59.4 Å². The lowest BCUT2D eigenvalue weighted by atomic mass is 9.97. The van der Waals surface area contributed by atoms with Gasteiger partial charge in [-0.3, -0.25) is 9.69 Å². The number of hydrogen-bond donors (Lipinski definition) is 0. The number of rotatable bonds is 6. The Labute approximate surface area is 175 Å². The number of hydrogen-bond acceptors (Lipinski definition) is 5. The van der Waals surface area contributed by atoms with E-state index >= 15 is 0 Å².